The van der Waals surface area contributed by atoms with E-state index in [2.05, 4.69) is 0 Å². The quantitative estimate of drug-likeness (QED) is 0.863. The number of hydrogen-bond acceptors (Lipinski definition) is 3. The molecule has 5 heteroatoms. The predicted octanol–water partition coefficient (Wildman–Crippen LogP) is 1.74. The number of carbonyl (C=O) groups excluding carboxylic acids is 1. The maximum atomic E-state index is 11.8. The number of aryl methyl sites for hydroxylation is 1. The van der Waals surface area contributed by atoms with Crippen molar-refractivity contribution in [3.63, 3.8) is 0 Å². The first-order valence-corrected chi connectivity index (χ1v) is 5.52. The average Bonchev–Trinajstić information content (AvgIpc) is 2.47. The lowest BCUT2D eigenvalue weighted by Crippen LogP contribution is -2.31. The third kappa shape index (κ3) is 2.26. The Morgan fingerprint density at radius 2 is 2.36 bits per heavy atom. The second-order valence-corrected chi connectivity index (χ2v) is 4.33. The van der Waals surface area contributed by atoms with Gasteiger partial charge in [-0.2, -0.15) is 0 Å². The highest BCUT2D eigenvalue weighted by atomic mass is 35.5. The molecule has 0 aliphatic heterocycles. The van der Waals surface area contributed by atoms with Crippen LogP contribution in [-0.2, 0) is 0 Å². The predicted molar refractivity (Wildman–Crippen MR) is 60.1 cm³/mol. The van der Waals surface area contributed by atoms with Crippen molar-refractivity contribution in [3.05, 3.63) is 20.8 Å². The number of carbonyl (C=O) groups is 1. The van der Waals surface area contributed by atoms with Gasteiger partial charge in [0, 0.05) is 20.1 Å². The molecule has 0 aliphatic rings. The number of hydrogen-bond donors (Lipinski definition) is 1. The zero-order valence-corrected chi connectivity index (χ0v) is 9.78. The van der Waals surface area contributed by atoms with Crippen LogP contribution in [0.1, 0.15) is 15.2 Å². The van der Waals surface area contributed by atoms with Crippen LogP contribution in [0.5, 0.6) is 0 Å². The molecule has 0 aromatic carbocycles. The molecule has 0 fully saturated rings. The van der Waals surface area contributed by atoms with Gasteiger partial charge < -0.3 is 10.6 Å². The van der Waals surface area contributed by atoms with Crippen molar-refractivity contribution < 1.29 is 4.79 Å². The van der Waals surface area contributed by atoms with E-state index in [0.717, 1.165) is 5.56 Å². The minimum absolute atomic E-state index is 0.0569. The summed E-state index contributed by atoms with van der Waals surface area (Å²) in [5.74, 6) is -0.0569. The molecule has 3 nitrogen and oxygen atoms in total. The van der Waals surface area contributed by atoms with Crippen molar-refractivity contribution in [1.29, 1.82) is 0 Å². The summed E-state index contributed by atoms with van der Waals surface area (Å²) < 4.78 is 0. The maximum absolute atomic E-state index is 11.8. The van der Waals surface area contributed by atoms with Crippen LogP contribution < -0.4 is 5.73 Å². The summed E-state index contributed by atoms with van der Waals surface area (Å²) in [4.78, 5) is 13.9. The highest BCUT2D eigenvalue weighted by Gasteiger charge is 2.17. The van der Waals surface area contributed by atoms with Crippen LogP contribution in [0.3, 0.4) is 0 Å². The van der Waals surface area contributed by atoms with Crippen molar-refractivity contribution in [2.24, 2.45) is 5.73 Å². The Labute approximate surface area is 92.5 Å². The largest absolute Gasteiger partial charge is 0.340 e. The summed E-state index contributed by atoms with van der Waals surface area (Å²) in [6.45, 7) is 2.90. The first-order valence-electron chi connectivity index (χ1n) is 4.27. The number of amides is 1. The Morgan fingerprint density at radius 1 is 1.71 bits per heavy atom. The lowest BCUT2D eigenvalue weighted by atomic mass is 10.3. The minimum Gasteiger partial charge on any atom is -0.340 e. The third-order valence-corrected chi connectivity index (χ3v) is 3.59. The Balaban J connectivity index is 2.84. The van der Waals surface area contributed by atoms with Gasteiger partial charge in [-0.1, -0.05) is 11.6 Å². The van der Waals surface area contributed by atoms with E-state index in [1.165, 1.54) is 11.3 Å². The van der Waals surface area contributed by atoms with E-state index in [9.17, 15) is 4.79 Å². The molecule has 1 aromatic heterocycles. The first kappa shape index (κ1) is 11.5. The molecule has 0 unspecified atom stereocenters. The molecule has 1 rings (SSSR count). The van der Waals surface area contributed by atoms with Gasteiger partial charge in [0.2, 0.25) is 0 Å². The van der Waals surface area contributed by atoms with Gasteiger partial charge in [0.15, 0.2) is 0 Å². The molecule has 0 atom stereocenters. The minimum atomic E-state index is -0.0569. The summed E-state index contributed by atoms with van der Waals surface area (Å²) in [5, 5.41) is 2.44. The van der Waals surface area contributed by atoms with Crippen LogP contribution in [0.2, 0.25) is 5.02 Å². The number of nitrogens with zero attached hydrogens (tertiary/aromatic N) is 1. The highest BCUT2D eigenvalue weighted by molar-refractivity contribution is 7.13. The van der Waals surface area contributed by atoms with Gasteiger partial charge in [-0.3, -0.25) is 4.79 Å². The standard InChI is InChI=1S/C9H13ClN2OS/c1-6-5-14-8(7(6)10)9(13)12(2)4-3-11/h5H,3-4,11H2,1-2H3. The van der Waals surface area contributed by atoms with Crippen LogP contribution in [0.15, 0.2) is 5.38 Å². The fourth-order valence-electron chi connectivity index (χ4n) is 1.04. The first-order chi connectivity index (χ1) is 6.57. The second-order valence-electron chi connectivity index (χ2n) is 3.08. The molecule has 0 bridgehead atoms. The fraction of sp³-hybridized carbons (Fsp3) is 0.444. The van der Waals surface area contributed by atoms with Crippen molar-refractivity contribution in [3.8, 4) is 0 Å². The normalized spacial score (nSPS) is 10.3. The fourth-order valence-corrected chi connectivity index (χ4v) is 2.31. The van der Waals surface area contributed by atoms with Crippen LogP contribution in [0.25, 0.3) is 0 Å². The molecule has 0 aliphatic carbocycles. The Bertz CT molecular complexity index is 338. The zero-order chi connectivity index (χ0) is 10.7. The van der Waals surface area contributed by atoms with Crippen LogP contribution >= 0.6 is 22.9 Å². The summed E-state index contributed by atoms with van der Waals surface area (Å²) in [7, 11) is 1.72. The molecular weight excluding hydrogens is 220 g/mol. The summed E-state index contributed by atoms with van der Waals surface area (Å²) in [6.07, 6.45) is 0. The van der Waals surface area contributed by atoms with E-state index in [0.29, 0.717) is 23.0 Å². The number of nitrogens with two attached hydrogens (primary N) is 1. The SMILES string of the molecule is Cc1csc(C(=O)N(C)CCN)c1Cl. The molecule has 2 N–H and O–H groups in total. The van der Waals surface area contributed by atoms with Gasteiger partial charge in [-0.05, 0) is 17.9 Å². The molecule has 0 saturated carbocycles. The molecule has 1 heterocycles. The summed E-state index contributed by atoms with van der Waals surface area (Å²) in [6, 6.07) is 0. The van der Waals surface area contributed by atoms with Crippen LogP contribution in [0, 0.1) is 6.92 Å². The van der Waals surface area contributed by atoms with E-state index < -0.39 is 0 Å². The van der Waals surface area contributed by atoms with Crippen LogP contribution in [-0.4, -0.2) is 30.9 Å². The van der Waals surface area contributed by atoms with E-state index in [-0.39, 0.29) is 5.91 Å². The smallest absolute Gasteiger partial charge is 0.265 e. The lowest BCUT2D eigenvalue weighted by molar-refractivity contribution is 0.0804. The molecule has 14 heavy (non-hydrogen) atoms. The van der Waals surface area contributed by atoms with E-state index in [4.69, 9.17) is 17.3 Å². The highest BCUT2D eigenvalue weighted by Crippen LogP contribution is 2.27. The van der Waals surface area contributed by atoms with E-state index in [1.807, 2.05) is 12.3 Å². The Morgan fingerprint density at radius 3 is 2.79 bits per heavy atom. The van der Waals surface area contributed by atoms with Crippen molar-refractivity contribution in [1.82, 2.24) is 4.90 Å². The zero-order valence-electron chi connectivity index (χ0n) is 8.21. The lowest BCUT2D eigenvalue weighted by Gasteiger charge is -2.14. The van der Waals surface area contributed by atoms with E-state index >= 15 is 0 Å². The van der Waals surface area contributed by atoms with Crippen molar-refractivity contribution in [2.75, 3.05) is 20.1 Å². The van der Waals surface area contributed by atoms with Gasteiger partial charge in [0.1, 0.15) is 4.88 Å². The molecule has 78 valence electrons. The molecule has 0 spiro atoms. The number of halogens is 1. The Kier molecular flexibility index (Phi) is 3.92. The Hall–Kier alpha value is -0.580. The molecule has 1 amide bonds. The van der Waals surface area contributed by atoms with Gasteiger partial charge in [0.05, 0.1) is 5.02 Å². The van der Waals surface area contributed by atoms with Gasteiger partial charge in [0.25, 0.3) is 5.91 Å². The second kappa shape index (κ2) is 4.77. The average molecular weight is 233 g/mol. The monoisotopic (exact) mass is 232 g/mol. The molecule has 0 radical (unpaired) electrons. The number of thiophene rings is 1. The maximum Gasteiger partial charge on any atom is 0.265 e. The number of likely N-dealkylation sites (N-methyl/N-ethyl adjacent to an activating group) is 1. The third-order valence-electron chi connectivity index (χ3n) is 1.90. The van der Waals surface area contributed by atoms with Gasteiger partial charge in [-0.25, -0.2) is 0 Å². The molecular formula is C9H13ClN2OS. The molecule has 0 saturated heterocycles. The molecule has 1 aromatic rings. The summed E-state index contributed by atoms with van der Waals surface area (Å²) >= 11 is 7.35. The van der Waals surface area contributed by atoms with E-state index in [1.54, 1.807) is 11.9 Å². The summed E-state index contributed by atoms with van der Waals surface area (Å²) in [5.41, 5.74) is 6.31. The van der Waals surface area contributed by atoms with Crippen molar-refractivity contribution >= 4 is 28.8 Å². The van der Waals surface area contributed by atoms with Gasteiger partial charge in [-0.15, -0.1) is 11.3 Å². The van der Waals surface area contributed by atoms with Gasteiger partial charge >= 0.3 is 0 Å². The topological polar surface area (TPSA) is 46.3 Å². The van der Waals surface area contributed by atoms with Crippen molar-refractivity contribution in [2.45, 2.75) is 6.92 Å². The number of rotatable bonds is 3. The van der Waals surface area contributed by atoms with Crippen LogP contribution in [0.4, 0.5) is 0 Å².